The number of hydrogen-bond acceptors (Lipinski definition) is 5. The first-order valence-electron chi connectivity index (χ1n) is 12.9. The van der Waals surface area contributed by atoms with Gasteiger partial charge in [-0.15, -0.1) is 5.10 Å². The quantitative estimate of drug-likeness (QED) is 0.478. The molecule has 0 spiro atoms. The lowest BCUT2D eigenvalue weighted by atomic mass is 9.83. The summed E-state index contributed by atoms with van der Waals surface area (Å²) in [5.74, 6) is -1.65. The van der Waals surface area contributed by atoms with Crippen LogP contribution in [0.5, 0.6) is 0 Å². The minimum atomic E-state index is -0.837. The van der Waals surface area contributed by atoms with Crippen LogP contribution in [0.1, 0.15) is 62.1 Å². The molecule has 0 radical (unpaired) electrons. The van der Waals surface area contributed by atoms with Crippen LogP contribution in [-0.2, 0) is 13.2 Å². The lowest BCUT2D eigenvalue weighted by Gasteiger charge is -2.44. The van der Waals surface area contributed by atoms with Crippen molar-refractivity contribution in [2.24, 2.45) is 5.92 Å². The van der Waals surface area contributed by atoms with Crippen molar-refractivity contribution in [3.8, 4) is 5.69 Å². The number of carbonyl (C=O) groups excluding carboxylic acids is 1. The lowest BCUT2D eigenvalue weighted by Crippen LogP contribution is -2.53. The Morgan fingerprint density at radius 1 is 1.11 bits per heavy atom. The fourth-order valence-electron chi connectivity index (χ4n) is 5.73. The zero-order valence-corrected chi connectivity index (χ0v) is 22.1. The smallest absolute Gasteiger partial charge is 0.350 e. The predicted octanol–water partition coefficient (Wildman–Crippen LogP) is 4.87. The molecule has 8 nitrogen and oxygen atoms in total. The van der Waals surface area contributed by atoms with Gasteiger partial charge in [0.05, 0.1) is 22.9 Å². The number of aromatic nitrogens is 3. The number of amides is 1. The van der Waals surface area contributed by atoms with Crippen molar-refractivity contribution < 1.29 is 18.7 Å². The van der Waals surface area contributed by atoms with Gasteiger partial charge >= 0.3 is 5.69 Å². The van der Waals surface area contributed by atoms with Crippen LogP contribution >= 0.6 is 11.6 Å². The molecule has 2 aromatic carbocycles. The molecule has 38 heavy (non-hydrogen) atoms. The van der Waals surface area contributed by atoms with Gasteiger partial charge < -0.3 is 10.0 Å². The molecule has 5 rings (SSSR count). The van der Waals surface area contributed by atoms with E-state index in [0.29, 0.717) is 11.6 Å². The molecule has 1 atom stereocenters. The Kier molecular flexibility index (Phi) is 7.28. The highest BCUT2D eigenvalue weighted by Gasteiger charge is 2.38. The van der Waals surface area contributed by atoms with Crippen LogP contribution in [0, 0.1) is 17.6 Å². The Hall–Kier alpha value is -3.24. The van der Waals surface area contributed by atoms with Gasteiger partial charge in [0.25, 0.3) is 5.91 Å². The average Bonchev–Trinajstić information content (AvgIpc) is 3.24. The number of aliphatic hydroxyl groups excluding tert-OH is 1. The third kappa shape index (κ3) is 4.39. The largest absolute Gasteiger partial charge is 0.388 e. The molecule has 1 amide bonds. The molecule has 3 aromatic rings. The van der Waals surface area contributed by atoms with Gasteiger partial charge in [-0.3, -0.25) is 14.3 Å². The Bertz CT molecular complexity index is 1410. The topological polar surface area (TPSA) is 83.6 Å². The fraction of sp³-hybridized carbons (Fsp3) is 0.444. The summed E-state index contributed by atoms with van der Waals surface area (Å²) in [6, 6.07) is 6.67. The summed E-state index contributed by atoms with van der Waals surface area (Å²) in [4.78, 5) is 29.9. The number of para-hydroxylation sites is 1. The van der Waals surface area contributed by atoms with Crippen LogP contribution in [0.4, 0.5) is 20.2 Å². The second-order valence-corrected chi connectivity index (χ2v) is 10.3. The summed E-state index contributed by atoms with van der Waals surface area (Å²) in [5, 5.41) is 13.9. The summed E-state index contributed by atoms with van der Waals surface area (Å²) in [7, 11) is 0. The number of hydrogen-bond donors (Lipinski definition) is 1. The highest BCUT2D eigenvalue weighted by Crippen LogP contribution is 2.40. The van der Waals surface area contributed by atoms with Gasteiger partial charge in [-0.2, -0.15) is 4.68 Å². The summed E-state index contributed by atoms with van der Waals surface area (Å²) >= 11 is 6.33. The van der Waals surface area contributed by atoms with Gasteiger partial charge in [0.2, 0.25) is 0 Å². The van der Waals surface area contributed by atoms with E-state index in [0.717, 1.165) is 36.4 Å². The van der Waals surface area contributed by atoms with E-state index in [-0.39, 0.29) is 47.0 Å². The minimum Gasteiger partial charge on any atom is -0.388 e. The van der Waals surface area contributed by atoms with Crippen LogP contribution in [-0.4, -0.2) is 38.1 Å². The molecule has 11 heteroatoms. The minimum absolute atomic E-state index is 0.00934. The highest BCUT2D eigenvalue weighted by atomic mass is 35.5. The summed E-state index contributed by atoms with van der Waals surface area (Å²) in [5.41, 5.74) is -0.284. The molecule has 2 heterocycles. The zero-order chi connectivity index (χ0) is 27.1. The van der Waals surface area contributed by atoms with Crippen molar-refractivity contribution in [3.63, 3.8) is 0 Å². The average molecular weight is 546 g/mol. The van der Waals surface area contributed by atoms with Crippen molar-refractivity contribution in [3.05, 3.63) is 68.9 Å². The molecular weight excluding hydrogens is 516 g/mol. The maximum atomic E-state index is 15.6. The molecule has 1 aliphatic carbocycles. The Labute approximate surface area is 224 Å². The lowest BCUT2D eigenvalue weighted by molar-refractivity contribution is 0.0978. The van der Waals surface area contributed by atoms with Crippen molar-refractivity contribution >= 4 is 28.9 Å². The standard InChI is InChI=1S/C27H30ClF2N5O3/c1-3-32-24(14-36)31-35(27(32)38)23-13-22-18(12-21(23)30)26(37)34(25-19(28)10-7-11-20(25)29)15-33(22)16(2)17-8-5-4-6-9-17/h7,10-13,16-17,36H,3-6,8-9,14-15H2,1-2H3/t16-/m0/s1. The van der Waals surface area contributed by atoms with Crippen molar-refractivity contribution in [1.82, 2.24) is 14.3 Å². The van der Waals surface area contributed by atoms with Crippen molar-refractivity contribution in [2.45, 2.75) is 65.1 Å². The van der Waals surface area contributed by atoms with Crippen LogP contribution in [0.3, 0.4) is 0 Å². The Morgan fingerprint density at radius 2 is 1.84 bits per heavy atom. The molecule has 1 saturated carbocycles. The Morgan fingerprint density at radius 3 is 2.47 bits per heavy atom. The van der Waals surface area contributed by atoms with E-state index in [9.17, 15) is 19.1 Å². The first-order valence-corrected chi connectivity index (χ1v) is 13.3. The van der Waals surface area contributed by atoms with E-state index in [2.05, 4.69) is 12.0 Å². The molecule has 2 aliphatic rings. The van der Waals surface area contributed by atoms with E-state index >= 15 is 4.39 Å². The van der Waals surface area contributed by atoms with E-state index in [1.54, 1.807) is 6.92 Å². The maximum absolute atomic E-state index is 15.6. The number of nitrogens with zero attached hydrogens (tertiary/aromatic N) is 5. The first kappa shape index (κ1) is 26.4. The normalized spacial score (nSPS) is 17.2. The van der Waals surface area contributed by atoms with Crippen LogP contribution in [0.25, 0.3) is 5.69 Å². The van der Waals surface area contributed by atoms with E-state index < -0.39 is 29.8 Å². The molecule has 1 aromatic heterocycles. The molecule has 0 bridgehead atoms. The molecule has 1 aliphatic heterocycles. The summed E-state index contributed by atoms with van der Waals surface area (Å²) < 4.78 is 32.7. The van der Waals surface area contributed by atoms with Crippen molar-refractivity contribution in [1.29, 1.82) is 0 Å². The fourth-order valence-corrected chi connectivity index (χ4v) is 5.99. The van der Waals surface area contributed by atoms with Gasteiger partial charge in [0, 0.05) is 12.6 Å². The van der Waals surface area contributed by atoms with Crippen LogP contribution < -0.4 is 15.5 Å². The van der Waals surface area contributed by atoms with Crippen LogP contribution in [0.2, 0.25) is 5.02 Å². The monoisotopic (exact) mass is 545 g/mol. The highest BCUT2D eigenvalue weighted by molar-refractivity contribution is 6.34. The van der Waals surface area contributed by atoms with Gasteiger partial charge in [-0.05, 0) is 56.9 Å². The zero-order valence-electron chi connectivity index (χ0n) is 21.3. The summed E-state index contributed by atoms with van der Waals surface area (Å²) in [6.07, 6.45) is 5.38. The number of carbonyl (C=O) groups is 1. The van der Waals surface area contributed by atoms with Gasteiger partial charge in [0.15, 0.2) is 5.82 Å². The molecule has 202 valence electrons. The number of aliphatic hydroxyl groups is 1. The first-order chi connectivity index (χ1) is 18.3. The maximum Gasteiger partial charge on any atom is 0.350 e. The van der Waals surface area contributed by atoms with Crippen LogP contribution in [0.15, 0.2) is 35.1 Å². The SMILES string of the molecule is CCn1c(CO)nn(-c2cc3c(cc2F)C(=O)N(c2c(F)cccc2Cl)CN3[C@@H](C)C2CCCCC2)c1=O. The second-order valence-electron chi connectivity index (χ2n) is 9.89. The number of benzene rings is 2. The predicted molar refractivity (Wildman–Crippen MR) is 141 cm³/mol. The second kappa shape index (κ2) is 10.5. The van der Waals surface area contributed by atoms with E-state index in [1.165, 1.54) is 40.2 Å². The van der Waals surface area contributed by atoms with Gasteiger partial charge in [-0.25, -0.2) is 13.6 Å². The number of halogens is 3. The van der Waals surface area contributed by atoms with Gasteiger partial charge in [-0.1, -0.05) is 36.9 Å². The molecule has 1 N–H and O–H groups in total. The number of rotatable bonds is 6. The molecule has 0 unspecified atom stereocenters. The third-order valence-electron chi connectivity index (χ3n) is 7.80. The molecule has 1 fully saturated rings. The third-order valence-corrected chi connectivity index (χ3v) is 8.10. The number of anilines is 2. The van der Waals surface area contributed by atoms with E-state index in [1.807, 2.05) is 4.90 Å². The number of fused-ring (bicyclic) bond motifs is 1. The summed E-state index contributed by atoms with van der Waals surface area (Å²) in [6.45, 7) is 3.56. The van der Waals surface area contributed by atoms with Crippen molar-refractivity contribution in [2.75, 3.05) is 16.5 Å². The Balaban J connectivity index is 1.68. The van der Waals surface area contributed by atoms with E-state index in [4.69, 9.17) is 11.6 Å². The molecular formula is C27H30ClF2N5O3. The molecule has 0 saturated heterocycles. The van der Waals surface area contributed by atoms with Gasteiger partial charge in [0.1, 0.15) is 29.6 Å².